The van der Waals surface area contributed by atoms with E-state index in [0.717, 1.165) is 64.5 Å². The predicted molar refractivity (Wildman–Crippen MR) is 133 cm³/mol. The summed E-state index contributed by atoms with van der Waals surface area (Å²) in [6.45, 7) is 5.28. The van der Waals surface area contributed by atoms with Gasteiger partial charge in [-0.3, -0.25) is 14.7 Å². The van der Waals surface area contributed by atoms with Crippen LogP contribution in [0.5, 0.6) is 0 Å². The molecule has 0 spiro atoms. The highest BCUT2D eigenvalue weighted by Gasteiger charge is 2.42. The number of morpholine rings is 1. The lowest BCUT2D eigenvalue weighted by molar-refractivity contribution is -0.138. The van der Waals surface area contributed by atoms with E-state index in [2.05, 4.69) is 20.5 Å². The Bertz CT molecular complexity index is 566. The van der Waals surface area contributed by atoms with Gasteiger partial charge in [-0.2, -0.15) is 0 Å². The molecule has 1 heterocycles. The fourth-order valence-corrected chi connectivity index (χ4v) is 5.57. The lowest BCUT2D eigenvalue weighted by Gasteiger charge is -2.48. The first-order valence-corrected chi connectivity index (χ1v) is 11.5. The number of hydrogen-bond acceptors (Lipinski definition) is 4. The smallest absolute Gasteiger partial charge is 0.230 e. The van der Waals surface area contributed by atoms with E-state index in [1.54, 1.807) is 4.90 Å². The number of halogens is 1. The van der Waals surface area contributed by atoms with Gasteiger partial charge in [0.1, 0.15) is 0 Å². The molecular weight excluding hydrogens is 493 g/mol. The van der Waals surface area contributed by atoms with E-state index >= 15 is 0 Å². The Morgan fingerprint density at radius 2 is 1.53 bits per heavy atom. The zero-order valence-corrected chi connectivity index (χ0v) is 21.5. The van der Waals surface area contributed by atoms with Gasteiger partial charge in [-0.15, -0.1) is 24.0 Å². The first-order valence-electron chi connectivity index (χ1n) is 11.5. The number of hydrogen-bond donors (Lipinski definition) is 2. The number of carbonyl (C=O) groups excluding carboxylic acids is 1. The normalized spacial score (nSPS) is 24.0. The van der Waals surface area contributed by atoms with Crippen LogP contribution >= 0.6 is 24.0 Å². The maximum Gasteiger partial charge on any atom is 0.230 e. The quantitative estimate of drug-likeness (QED) is 0.311. The summed E-state index contributed by atoms with van der Waals surface area (Å²) in [5, 5.41) is 7.11. The van der Waals surface area contributed by atoms with Crippen LogP contribution in [0.4, 0.5) is 0 Å². The van der Waals surface area contributed by atoms with E-state index in [1.165, 1.54) is 32.1 Å². The van der Waals surface area contributed by atoms with Crippen LogP contribution in [-0.4, -0.2) is 87.7 Å². The van der Waals surface area contributed by atoms with Gasteiger partial charge in [0.05, 0.1) is 18.6 Å². The molecule has 3 aliphatic rings. The molecule has 1 saturated heterocycles. The van der Waals surface area contributed by atoms with E-state index < -0.39 is 0 Å². The molecule has 3 rings (SSSR count). The van der Waals surface area contributed by atoms with Crippen LogP contribution < -0.4 is 10.6 Å². The highest BCUT2D eigenvalue weighted by molar-refractivity contribution is 14.0. The van der Waals surface area contributed by atoms with Gasteiger partial charge in [-0.05, 0) is 25.7 Å². The molecule has 0 bridgehead atoms. The number of nitrogens with zero attached hydrogens (tertiary/aromatic N) is 3. The second kappa shape index (κ2) is 11.9. The monoisotopic (exact) mass is 535 g/mol. The van der Waals surface area contributed by atoms with Gasteiger partial charge >= 0.3 is 0 Å². The Kier molecular flexibility index (Phi) is 10.1. The minimum Gasteiger partial charge on any atom is -0.379 e. The zero-order valence-electron chi connectivity index (χ0n) is 19.2. The average molecular weight is 536 g/mol. The maximum atomic E-state index is 12.8. The minimum atomic E-state index is -0.284. The molecule has 0 aromatic rings. The summed E-state index contributed by atoms with van der Waals surface area (Å²) in [7, 11) is 5.56. The summed E-state index contributed by atoms with van der Waals surface area (Å²) in [6.07, 6.45) is 10.6. The number of aliphatic imine (C=N–C) groups is 1. The van der Waals surface area contributed by atoms with Crippen molar-refractivity contribution in [3.8, 4) is 0 Å². The van der Waals surface area contributed by atoms with E-state index in [9.17, 15) is 4.79 Å². The van der Waals surface area contributed by atoms with Crippen molar-refractivity contribution in [1.82, 2.24) is 20.4 Å². The summed E-state index contributed by atoms with van der Waals surface area (Å²) in [4.78, 5) is 21.7. The molecule has 174 valence electrons. The van der Waals surface area contributed by atoms with Crippen molar-refractivity contribution in [3.63, 3.8) is 0 Å². The van der Waals surface area contributed by atoms with Crippen molar-refractivity contribution in [3.05, 3.63) is 0 Å². The zero-order chi connectivity index (χ0) is 20.7. The number of carbonyl (C=O) groups is 1. The third-order valence-electron chi connectivity index (χ3n) is 7.29. The Hall–Kier alpha value is -0.610. The van der Waals surface area contributed by atoms with Crippen molar-refractivity contribution < 1.29 is 9.53 Å². The lowest BCUT2D eigenvalue weighted by Crippen LogP contribution is -2.61. The van der Waals surface area contributed by atoms with Gasteiger partial charge in [0, 0.05) is 52.9 Å². The first-order chi connectivity index (χ1) is 14.0. The molecule has 0 aromatic carbocycles. The van der Waals surface area contributed by atoms with E-state index in [0.29, 0.717) is 6.54 Å². The standard InChI is InChI=1S/C22H41N5O2.HI/c1-23-20(24-17-21(9-7-8-10-21)19(28)26(2)3)25-18-22(11-5-4-6-12-22)27-13-15-29-16-14-27;/h4-18H2,1-3H3,(H2,23,24,25);1H. The number of ether oxygens (including phenoxy) is 1. The lowest BCUT2D eigenvalue weighted by atomic mass is 9.79. The molecule has 1 aliphatic heterocycles. The van der Waals surface area contributed by atoms with E-state index in [4.69, 9.17) is 4.74 Å². The van der Waals surface area contributed by atoms with Gasteiger partial charge in [0.15, 0.2) is 5.96 Å². The molecule has 3 fully saturated rings. The van der Waals surface area contributed by atoms with Crippen LogP contribution in [0.15, 0.2) is 4.99 Å². The Balaban J connectivity index is 0.00000320. The fourth-order valence-electron chi connectivity index (χ4n) is 5.57. The summed E-state index contributed by atoms with van der Waals surface area (Å²) in [5.74, 6) is 1.07. The maximum absolute atomic E-state index is 12.8. The third-order valence-corrected chi connectivity index (χ3v) is 7.29. The topological polar surface area (TPSA) is 69.2 Å². The second-order valence-electron chi connectivity index (χ2n) is 9.35. The van der Waals surface area contributed by atoms with E-state index in [-0.39, 0.29) is 40.8 Å². The summed E-state index contributed by atoms with van der Waals surface area (Å²) in [5.41, 5.74) is -0.0853. The van der Waals surface area contributed by atoms with Crippen molar-refractivity contribution >= 4 is 35.8 Å². The van der Waals surface area contributed by atoms with Crippen LogP contribution in [0.2, 0.25) is 0 Å². The Morgan fingerprint density at radius 1 is 0.967 bits per heavy atom. The Morgan fingerprint density at radius 3 is 2.10 bits per heavy atom. The molecule has 30 heavy (non-hydrogen) atoms. The second-order valence-corrected chi connectivity index (χ2v) is 9.35. The Labute approximate surface area is 199 Å². The number of nitrogens with one attached hydrogen (secondary N) is 2. The summed E-state index contributed by atoms with van der Waals surface area (Å²) < 4.78 is 5.60. The summed E-state index contributed by atoms with van der Waals surface area (Å²) >= 11 is 0. The number of amides is 1. The van der Waals surface area contributed by atoms with Gasteiger partial charge < -0.3 is 20.3 Å². The summed E-state index contributed by atoms with van der Waals surface area (Å²) in [6, 6.07) is 0. The molecule has 2 saturated carbocycles. The van der Waals surface area contributed by atoms with Crippen LogP contribution in [0.1, 0.15) is 57.8 Å². The highest BCUT2D eigenvalue weighted by Crippen LogP contribution is 2.39. The molecule has 0 radical (unpaired) electrons. The largest absolute Gasteiger partial charge is 0.379 e. The molecule has 8 heteroatoms. The van der Waals surface area contributed by atoms with Crippen LogP contribution in [0, 0.1) is 5.41 Å². The molecule has 0 unspecified atom stereocenters. The van der Waals surface area contributed by atoms with Gasteiger partial charge in [0.2, 0.25) is 5.91 Å². The van der Waals surface area contributed by atoms with E-state index in [1.807, 2.05) is 21.1 Å². The molecule has 7 nitrogen and oxygen atoms in total. The van der Waals surface area contributed by atoms with Gasteiger partial charge in [-0.25, -0.2) is 0 Å². The van der Waals surface area contributed by atoms with Crippen LogP contribution in [0.3, 0.4) is 0 Å². The van der Waals surface area contributed by atoms with Crippen molar-refractivity contribution in [2.75, 3.05) is 60.5 Å². The first kappa shape index (κ1) is 25.6. The molecule has 0 atom stereocenters. The SMILES string of the molecule is CN=C(NCC1(C(=O)N(C)C)CCCC1)NCC1(N2CCOCC2)CCCCC1.I. The molecule has 2 aliphatic carbocycles. The highest BCUT2D eigenvalue weighted by atomic mass is 127. The number of guanidine groups is 1. The van der Waals surface area contributed by atoms with Crippen molar-refractivity contribution in [2.45, 2.75) is 63.3 Å². The molecule has 2 N–H and O–H groups in total. The van der Waals surface area contributed by atoms with Crippen molar-refractivity contribution in [2.24, 2.45) is 10.4 Å². The van der Waals surface area contributed by atoms with Crippen molar-refractivity contribution in [1.29, 1.82) is 0 Å². The average Bonchev–Trinajstić information content (AvgIpc) is 3.24. The molecule has 1 amide bonds. The van der Waals surface area contributed by atoms with Crippen LogP contribution in [0.25, 0.3) is 0 Å². The predicted octanol–water partition coefficient (Wildman–Crippen LogP) is 2.45. The fraction of sp³-hybridized carbons (Fsp3) is 0.909. The number of rotatable bonds is 6. The van der Waals surface area contributed by atoms with Crippen LogP contribution in [-0.2, 0) is 9.53 Å². The molecular formula is C22H42IN5O2. The van der Waals surface area contributed by atoms with Gasteiger partial charge in [-0.1, -0.05) is 32.1 Å². The molecule has 0 aromatic heterocycles. The minimum absolute atomic E-state index is 0. The van der Waals surface area contributed by atoms with Gasteiger partial charge in [0.25, 0.3) is 0 Å². The third kappa shape index (κ3) is 6.00.